The van der Waals surface area contributed by atoms with Crippen molar-refractivity contribution in [2.45, 2.75) is 6.61 Å². The highest BCUT2D eigenvalue weighted by Gasteiger charge is 2.42. The molecule has 256 valence electrons. The SMILES string of the molecule is c1ccc(-c2cccc([Si](c3ccccc3)(c3ccccc3)c3cc(-c4ccccc4)cc(-c4ccc5nc6n(c5c4)-c4ccccc4CO6)c3)c2)cc1. The third-order valence-corrected chi connectivity index (χ3v) is 15.6. The van der Waals surface area contributed by atoms with Crippen molar-refractivity contribution in [3.63, 3.8) is 0 Å². The lowest BCUT2D eigenvalue weighted by Gasteiger charge is -2.35. The number of nitrogens with zero attached hydrogens (tertiary/aromatic N) is 2. The molecule has 0 spiro atoms. The zero-order valence-electron chi connectivity index (χ0n) is 29.6. The fraction of sp³-hybridized carbons (Fsp3) is 0.0200. The average molecular weight is 709 g/mol. The van der Waals surface area contributed by atoms with Gasteiger partial charge in [0.1, 0.15) is 6.61 Å². The van der Waals surface area contributed by atoms with E-state index in [1.54, 1.807) is 0 Å². The molecule has 2 heterocycles. The van der Waals surface area contributed by atoms with Crippen molar-refractivity contribution in [1.82, 2.24) is 9.55 Å². The molecule has 1 aliphatic heterocycles. The summed E-state index contributed by atoms with van der Waals surface area (Å²) in [5.41, 5.74) is 11.3. The van der Waals surface area contributed by atoms with Crippen molar-refractivity contribution < 1.29 is 4.74 Å². The number of rotatable bonds is 7. The van der Waals surface area contributed by atoms with E-state index in [2.05, 4.69) is 211 Å². The van der Waals surface area contributed by atoms with E-state index >= 15 is 0 Å². The molecule has 4 heteroatoms. The normalized spacial score (nSPS) is 12.1. The van der Waals surface area contributed by atoms with Crippen LogP contribution in [0.5, 0.6) is 6.01 Å². The summed E-state index contributed by atoms with van der Waals surface area (Å²) in [6, 6.07) is 76.2. The molecule has 0 saturated heterocycles. The van der Waals surface area contributed by atoms with Crippen molar-refractivity contribution in [2.24, 2.45) is 0 Å². The van der Waals surface area contributed by atoms with Crippen molar-refractivity contribution in [3.8, 4) is 45.1 Å². The zero-order valence-corrected chi connectivity index (χ0v) is 30.6. The second kappa shape index (κ2) is 13.3. The average Bonchev–Trinajstić information content (AvgIpc) is 3.64. The lowest BCUT2D eigenvalue weighted by molar-refractivity contribution is 0.265. The largest absolute Gasteiger partial charge is 0.459 e. The molecule has 0 atom stereocenters. The standard InChI is InChI=1S/C50H36N2OSi/c1-5-16-36(17-6-1)38-21-15-26-45(31-38)54(43-22-9-3-10-23-43,44-24-11-4-12-25-44)46-32-41(37-18-7-2-8-19-37)30-42(33-46)39-28-29-47-49(34-39)52-48-27-14-13-20-40(48)35-53-50(52)51-47/h1-34H,35H2. The summed E-state index contributed by atoms with van der Waals surface area (Å²) < 4.78 is 8.34. The first kappa shape index (κ1) is 31.9. The maximum atomic E-state index is 6.17. The minimum Gasteiger partial charge on any atom is -0.459 e. The molecule has 0 amide bonds. The number of hydrogen-bond donors (Lipinski definition) is 0. The molecule has 0 fully saturated rings. The van der Waals surface area contributed by atoms with Gasteiger partial charge in [0.05, 0.1) is 16.7 Å². The van der Waals surface area contributed by atoms with E-state index in [0.29, 0.717) is 12.6 Å². The molecule has 0 N–H and O–H groups in total. The summed E-state index contributed by atoms with van der Waals surface area (Å²) in [5, 5.41) is 5.34. The van der Waals surface area contributed by atoms with E-state index in [0.717, 1.165) is 33.4 Å². The number of para-hydroxylation sites is 1. The van der Waals surface area contributed by atoms with Gasteiger partial charge in [-0.05, 0) is 78.4 Å². The van der Waals surface area contributed by atoms with E-state index in [4.69, 9.17) is 9.72 Å². The van der Waals surface area contributed by atoms with Crippen LogP contribution in [0.25, 0.3) is 50.1 Å². The lowest BCUT2D eigenvalue weighted by atomic mass is 9.98. The quantitative estimate of drug-likeness (QED) is 0.122. The summed E-state index contributed by atoms with van der Waals surface area (Å²) >= 11 is 0. The van der Waals surface area contributed by atoms with Crippen LogP contribution in [-0.4, -0.2) is 17.6 Å². The predicted molar refractivity (Wildman–Crippen MR) is 225 cm³/mol. The molecule has 0 bridgehead atoms. The van der Waals surface area contributed by atoms with Gasteiger partial charge in [-0.3, -0.25) is 4.57 Å². The molecule has 9 aromatic rings. The van der Waals surface area contributed by atoms with E-state index in [1.165, 1.54) is 43.0 Å². The predicted octanol–water partition coefficient (Wildman–Crippen LogP) is 9.30. The van der Waals surface area contributed by atoms with Crippen LogP contribution in [0.4, 0.5) is 0 Å². The smallest absolute Gasteiger partial charge is 0.302 e. The van der Waals surface area contributed by atoms with Crippen molar-refractivity contribution in [2.75, 3.05) is 0 Å². The first-order valence-corrected chi connectivity index (χ1v) is 20.5. The maximum Gasteiger partial charge on any atom is 0.302 e. The molecule has 10 rings (SSSR count). The topological polar surface area (TPSA) is 27.1 Å². The molecule has 0 aliphatic carbocycles. The Labute approximate surface area is 316 Å². The third kappa shape index (κ3) is 5.39. The number of fused-ring (bicyclic) bond motifs is 5. The van der Waals surface area contributed by atoms with Crippen LogP contribution >= 0.6 is 0 Å². The number of ether oxygens (including phenoxy) is 1. The van der Waals surface area contributed by atoms with Crippen LogP contribution in [0.15, 0.2) is 206 Å². The van der Waals surface area contributed by atoms with Crippen LogP contribution < -0.4 is 25.5 Å². The van der Waals surface area contributed by atoms with E-state index in [-0.39, 0.29) is 0 Å². The fourth-order valence-electron chi connectivity index (χ4n) is 8.30. The van der Waals surface area contributed by atoms with Gasteiger partial charge in [-0.25, -0.2) is 0 Å². The van der Waals surface area contributed by atoms with Gasteiger partial charge in [-0.2, -0.15) is 4.98 Å². The molecule has 0 unspecified atom stereocenters. The second-order valence-electron chi connectivity index (χ2n) is 13.9. The van der Waals surface area contributed by atoms with Crippen LogP contribution in [0.1, 0.15) is 5.56 Å². The van der Waals surface area contributed by atoms with Crippen molar-refractivity contribution in [1.29, 1.82) is 0 Å². The van der Waals surface area contributed by atoms with Gasteiger partial charge >= 0.3 is 6.01 Å². The first-order chi connectivity index (χ1) is 26.8. The van der Waals surface area contributed by atoms with Crippen molar-refractivity contribution >= 4 is 39.9 Å². The number of aromatic nitrogens is 2. The molecular formula is C50H36N2OSi. The monoisotopic (exact) mass is 708 g/mol. The van der Waals surface area contributed by atoms with Gasteiger partial charge in [0.15, 0.2) is 8.07 Å². The van der Waals surface area contributed by atoms with Gasteiger partial charge in [0, 0.05) is 5.56 Å². The van der Waals surface area contributed by atoms with Gasteiger partial charge < -0.3 is 4.74 Å². The highest BCUT2D eigenvalue weighted by atomic mass is 28.3. The Morgan fingerprint density at radius 2 is 0.926 bits per heavy atom. The second-order valence-corrected chi connectivity index (χ2v) is 17.8. The number of benzene rings is 8. The summed E-state index contributed by atoms with van der Waals surface area (Å²) in [5.74, 6) is 0. The van der Waals surface area contributed by atoms with Crippen LogP contribution in [0.3, 0.4) is 0 Å². The van der Waals surface area contributed by atoms with E-state index in [1.807, 2.05) is 0 Å². The Hall–Kier alpha value is -6.75. The molecular weight excluding hydrogens is 673 g/mol. The molecule has 1 aromatic heterocycles. The molecule has 1 aliphatic rings. The third-order valence-electron chi connectivity index (χ3n) is 10.8. The Kier molecular flexibility index (Phi) is 7.89. The highest BCUT2D eigenvalue weighted by Crippen LogP contribution is 2.35. The maximum absolute atomic E-state index is 6.17. The van der Waals surface area contributed by atoms with E-state index in [9.17, 15) is 0 Å². The van der Waals surface area contributed by atoms with Crippen LogP contribution in [0.2, 0.25) is 0 Å². The van der Waals surface area contributed by atoms with Gasteiger partial charge in [-0.15, -0.1) is 0 Å². The molecule has 54 heavy (non-hydrogen) atoms. The zero-order chi connectivity index (χ0) is 35.9. The van der Waals surface area contributed by atoms with Gasteiger partial charge in [0.25, 0.3) is 0 Å². The first-order valence-electron chi connectivity index (χ1n) is 18.5. The Morgan fingerprint density at radius 3 is 1.61 bits per heavy atom. The fourth-order valence-corrected chi connectivity index (χ4v) is 13.1. The van der Waals surface area contributed by atoms with Crippen LogP contribution in [0, 0.1) is 0 Å². The minimum absolute atomic E-state index is 0.520. The number of imidazole rings is 1. The summed E-state index contributed by atoms with van der Waals surface area (Å²) in [7, 11) is -2.94. The van der Waals surface area contributed by atoms with Gasteiger partial charge in [-0.1, -0.05) is 182 Å². The Balaban J connectivity index is 1.27. The lowest BCUT2D eigenvalue weighted by Crippen LogP contribution is -2.74. The van der Waals surface area contributed by atoms with Crippen LogP contribution in [-0.2, 0) is 6.61 Å². The highest BCUT2D eigenvalue weighted by molar-refractivity contribution is 7.20. The number of hydrogen-bond acceptors (Lipinski definition) is 2. The summed E-state index contributed by atoms with van der Waals surface area (Å²) in [4.78, 5) is 4.91. The van der Waals surface area contributed by atoms with Gasteiger partial charge in [0.2, 0.25) is 0 Å². The Bertz CT molecular complexity index is 2720. The van der Waals surface area contributed by atoms with Crippen molar-refractivity contribution in [3.05, 3.63) is 212 Å². The van der Waals surface area contributed by atoms with E-state index < -0.39 is 8.07 Å². The molecule has 3 nitrogen and oxygen atoms in total. The molecule has 0 saturated carbocycles. The summed E-state index contributed by atoms with van der Waals surface area (Å²) in [6.07, 6.45) is 0. The summed E-state index contributed by atoms with van der Waals surface area (Å²) in [6.45, 7) is 0.520. The molecule has 8 aromatic carbocycles. The molecule has 0 radical (unpaired) electrons. The minimum atomic E-state index is -2.94. The Morgan fingerprint density at radius 1 is 0.407 bits per heavy atom.